The van der Waals surface area contributed by atoms with Crippen molar-refractivity contribution in [2.24, 2.45) is 5.92 Å². The smallest absolute Gasteiger partial charge is 0.190 e. The van der Waals surface area contributed by atoms with E-state index in [-0.39, 0.29) is 23.6 Å². The van der Waals surface area contributed by atoms with E-state index < -0.39 is 12.2 Å². The Balaban J connectivity index is 2.10. The van der Waals surface area contributed by atoms with E-state index in [1.807, 2.05) is 0 Å². The molecule has 0 aromatic carbocycles. The fraction of sp³-hybridized carbons (Fsp3) is 0.400. The first-order chi connectivity index (χ1) is 6.77. The molecule has 4 heteroatoms. The van der Waals surface area contributed by atoms with Crippen molar-refractivity contribution in [2.75, 3.05) is 0 Å². The van der Waals surface area contributed by atoms with Crippen LogP contribution < -0.4 is 0 Å². The molecule has 72 valence electrons. The maximum atomic E-state index is 11.7. The van der Waals surface area contributed by atoms with Gasteiger partial charge in [0.2, 0.25) is 0 Å². The quantitative estimate of drug-likeness (QED) is 0.541. The highest BCUT2D eigenvalue weighted by Crippen LogP contribution is 2.32. The fourth-order valence-electron chi connectivity index (χ4n) is 2.05. The van der Waals surface area contributed by atoms with Crippen LogP contribution in [0.2, 0.25) is 0 Å². The minimum Gasteiger partial charge on any atom is -0.487 e. The van der Waals surface area contributed by atoms with Gasteiger partial charge in [0.1, 0.15) is 0 Å². The predicted molar refractivity (Wildman–Crippen MR) is 45.3 cm³/mol. The van der Waals surface area contributed by atoms with Crippen molar-refractivity contribution < 1.29 is 19.1 Å². The number of fused-ring (bicyclic) bond motifs is 6. The lowest BCUT2D eigenvalue weighted by Gasteiger charge is -2.40. The van der Waals surface area contributed by atoms with Crippen molar-refractivity contribution in [3.8, 4) is 0 Å². The molecule has 0 spiro atoms. The van der Waals surface area contributed by atoms with Crippen LogP contribution in [0, 0.1) is 5.92 Å². The largest absolute Gasteiger partial charge is 0.487 e. The normalized spacial score (nSPS) is 43.7. The number of hydrogen-bond acceptors (Lipinski definition) is 4. The van der Waals surface area contributed by atoms with E-state index in [2.05, 4.69) is 0 Å². The molecule has 0 saturated carbocycles. The second-order valence-electron chi connectivity index (χ2n) is 3.60. The first-order valence-corrected chi connectivity index (χ1v) is 4.51. The summed E-state index contributed by atoms with van der Waals surface area (Å²) >= 11 is 0. The summed E-state index contributed by atoms with van der Waals surface area (Å²) in [6.07, 6.45) is 4.53. The van der Waals surface area contributed by atoms with E-state index in [1.165, 1.54) is 12.3 Å². The molecule has 0 radical (unpaired) electrons. The molecule has 4 bridgehead atoms. The van der Waals surface area contributed by atoms with E-state index in [0.29, 0.717) is 0 Å². The molecule has 14 heavy (non-hydrogen) atoms. The number of carbonyl (C=O) groups excluding carboxylic acids is 2. The van der Waals surface area contributed by atoms with Crippen LogP contribution in [0.1, 0.15) is 0 Å². The highest BCUT2D eigenvalue weighted by Gasteiger charge is 2.50. The summed E-state index contributed by atoms with van der Waals surface area (Å²) in [4.78, 5) is 23.1. The maximum absolute atomic E-state index is 11.7. The van der Waals surface area contributed by atoms with Gasteiger partial charge in [0.25, 0.3) is 0 Å². The van der Waals surface area contributed by atoms with E-state index in [0.717, 1.165) is 0 Å². The Morgan fingerprint density at radius 3 is 2.86 bits per heavy atom. The first-order valence-electron chi connectivity index (χ1n) is 4.51. The molecule has 0 aromatic heterocycles. The zero-order valence-electron chi connectivity index (χ0n) is 7.25. The molecule has 0 amide bonds. The molecular formula is C10H8O4. The van der Waals surface area contributed by atoms with Gasteiger partial charge >= 0.3 is 0 Å². The molecule has 3 rings (SSSR count). The monoisotopic (exact) mass is 192 g/mol. The standard InChI is InChI=1S/C10H8O4/c11-6-1-2-7-5-3-4-13-10(8(5)12)9(6)14-7/h1-5,7,9-10H/t5-,7-,9+,10-/m0/s1. The Kier molecular flexibility index (Phi) is 1.44. The number of rotatable bonds is 0. The second kappa shape index (κ2) is 2.54. The molecule has 0 aliphatic carbocycles. The van der Waals surface area contributed by atoms with Crippen molar-refractivity contribution in [1.82, 2.24) is 0 Å². The number of ether oxygens (including phenoxy) is 2. The summed E-state index contributed by atoms with van der Waals surface area (Å²) in [6, 6.07) is 0. The minimum atomic E-state index is -0.737. The Morgan fingerprint density at radius 2 is 2.00 bits per heavy atom. The van der Waals surface area contributed by atoms with E-state index in [1.54, 1.807) is 12.2 Å². The van der Waals surface area contributed by atoms with Crippen LogP contribution in [0.5, 0.6) is 0 Å². The van der Waals surface area contributed by atoms with E-state index in [4.69, 9.17) is 9.47 Å². The SMILES string of the molecule is O=C1C=C[C@@H]2O[C@H]1[C@H]1OC=C[C@@H]2C1=O. The molecule has 3 heterocycles. The lowest BCUT2D eigenvalue weighted by atomic mass is 9.83. The summed E-state index contributed by atoms with van der Waals surface area (Å²) in [5, 5.41) is 0. The van der Waals surface area contributed by atoms with Crippen LogP contribution in [0.4, 0.5) is 0 Å². The highest BCUT2D eigenvalue weighted by atomic mass is 16.6. The molecule has 0 aromatic rings. The maximum Gasteiger partial charge on any atom is 0.190 e. The zero-order valence-corrected chi connectivity index (χ0v) is 7.25. The molecule has 0 unspecified atom stereocenters. The van der Waals surface area contributed by atoms with Crippen LogP contribution in [-0.2, 0) is 19.1 Å². The molecule has 1 saturated heterocycles. The topological polar surface area (TPSA) is 52.6 Å². The number of Topliss-reactive ketones (excluding diaryl/α,β-unsaturated/α-hetero) is 1. The number of hydrogen-bond donors (Lipinski definition) is 0. The lowest BCUT2D eigenvalue weighted by molar-refractivity contribution is -0.172. The van der Waals surface area contributed by atoms with Crippen LogP contribution in [0.15, 0.2) is 24.5 Å². The molecule has 4 nitrogen and oxygen atoms in total. The molecular weight excluding hydrogens is 184 g/mol. The third kappa shape index (κ3) is 0.861. The summed E-state index contributed by atoms with van der Waals surface area (Å²) in [7, 11) is 0. The Morgan fingerprint density at radius 1 is 1.14 bits per heavy atom. The molecule has 4 atom stereocenters. The Hall–Kier alpha value is -1.42. The van der Waals surface area contributed by atoms with Crippen molar-refractivity contribution in [2.45, 2.75) is 18.3 Å². The fourth-order valence-corrected chi connectivity index (χ4v) is 2.05. The van der Waals surface area contributed by atoms with Gasteiger partial charge < -0.3 is 9.47 Å². The number of carbonyl (C=O) groups is 2. The van der Waals surface area contributed by atoms with Crippen LogP contribution in [0.25, 0.3) is 0 Å². The van der Waals surface area contributed by atoms with Gasteiger partial charge in [-0.1, -0.05) is 6.08 Å². The average molecular weight is 192 g/mol. The van der Waals surface area contributed by atoms with Crippen molar-refractivity contribution in [1.29, 1.82) is 0 Å². The lowest BCUT2D eigenvalue weighted by Crippen LogP contribution is -2.57. The van der Waals surface area contributed by atoms with Crippen LogP contribution in [-0.4, -0.2) is 29.9 Å². The zero-order chi connectivity index (χ0) is 9.71. The predicted octanol–water partition coefficient (Wildman–Crippen LogP) is -0.00950. The minimum absolute atomic E-state index is 0.0496. The van der Waals surface area contributed by atoms with Gasteiger partial charge in [-0.2, -0.15) is 0 Å². The molecule has 1 fully saturated rings. The van der Waals surface area contributed by atoms with E-state index >= 15 is 0 Å². The van der Waals surface area contributed by atoms with Gasteiger partial charge in [0, 0.05) is 0 Å². The molecule has 3 aliphatic heterocycles. The Labute approximate surface area is 80.2 Å². The van der Waals surface area contributed by atoms with Gasteiger partial charge in [-0.3, -0.25) is 9.59 Å². The highest BCUT2D eigenvalue weighted by molar-refractivity contribution is 6.02. The average Bonchev–Trinajstić information content (AvgIpc) is 2.17. The van der Waals surface area contributed by atoms with Gasteiger partial charge in [-0.05, 0) is 12.2 Å². The third-order valence-electron chi connectivity index (χ3n) is 2.78. The summed E-state index contributed by atoms with van der Waals surface area (Å²) in [6.45, 7) is 0. The second-order valence-corrected chi connectivity index (χ2v) is 3.60. The van der Waals surface area contributed by atoms with Crippen LogP contribution in [0.3, 0.4) is 0 Å². The van der Waals surface area contributed by atoms with E-state index in [9.17, 15) is 9.59 Å². The Bertz CT molecular complexity index is 368. The van der Waals surface area contributed by atoms with Gasteiger partial charge in [0.15, 0.2) is 23.8 Å². The molecule has 0 N–H and O–H groups in total. The third-order valence-corrected chi connectivity index (χ3v) is 2.78. The summed E-state index contributed by atoms with van der Waals surface area (Å²) < 4.78 is 10.5. The van der Waals surface area contributed by atoms with Crippen molar-refractivity contribution in [3.05, 3.63) is 24.5 Å². The molecule has 3 aliphatic rings. The van der Waals surface area contributed by atoms with Crippen molar-refractivity contribution in [3.63, 3.8) is 0 Å². The van der Waals surface area contributed by atoms with Crippen molar-refractivity contribution >= 4 is 11.6 Å². The van der Waals surface area contributed by atoms with Crippen LogP contribution >= 0.6 is 0 Å². The van der Waals surface area contributed by atoms with Gasteiger partial charge in [-0.25, -0.2) is 0 Å². The van der Waals surface area contributed by atoms with Gasteiger partial charge in [-0.15, -0.1) is 0 Å². The first kappa shape index (κ1) is 7.94. The number of ketones is 2. The summed E-state index contributed by atoms with van der Waals surface area (Å²) in [5.74, 6) is -0.519. The van der Waals surface area contributed by atoms with Gasteiger partial charge in [0.05, 0.1) is 18.3 Å². The summed E-state index contributed by atoms with van der Waals surface area (Å²) in [5.41, 5.74) is 0.